The molecular formula is C27H44N4O11. The Balaban J connectivity index is 0.000000662. The van der Waals surface area contributed by atoms with Crippen LogP contribution in [0.5, 0.6) is 0 Å². The second-order valence-electron chi connectivity index (χ2n) is 11.1. The minimum atomic E-state index is -0.887. The van der Waals surface area contributed by atoms with Gasteiger partial charge >= 0.3 is 30.3 Å². The van der Waals surface area contributed by atoms with Crippen LogP contribution in [-0.2, 0) is 43.2 Å². The van der Waals surface area contributed by atoms with Gasteiger partial charge in [-0.25, -0.2) is 19.2 Å². The number of hydrogen-bond acceptors (Lipinski definition) is 11. The average molecular weight is 601 g/mol. The van der Waals surface area contributed by atoms with Gasteiger partial charge < -0.3 is 29.5 Å². The number of carbonyl (C=O) groups is 6. The first-order valence-corrected chi connectivity index (χ1v) is 13.5. The van der Waals surface area contributed by atoms with Crippen molar-refractivity contribution in [2.24, 2.45) is 5.92 Å². The monoisotopic (exact) mass is 600 g/mol. The number of carbonyl (C=O) groups excluding carboxylic acids is 6. The molecule has 0 spiro atoms. The lowest BCUT2D eigenvalue weighted by Gasteiger charge is -2.29. The van der Waals surface area contributed by atoms with Crippen molar-refractivity contribution in [1.82, 2.24) is 9.80 Å². The van der Waals surface area contributed by atoms with Crippen LogP contribution in [0.15, 0.2) is 0 Å². The lowest BCUT2D eigenvalue weighted by Crippen LogP contribution is -2.41. The molecule has 0 aromatic rings. The molecular weight excluding hydrogens is 556 g/mol. The van der Waals surface area contributed by atoms with Crippen LogP contribution < -0.4 is 0 Å². The SMILES string of the molecule is CC(C)(C)OC(=O)N1CCC(=O)CC1.CCOC(=O)C=[N+]=[N-].COOC(=O)C1CCN(C(=O)OC(C)(C)C)CCC1=O. The number of amides is 2. The maximum Gasteiger partial charge on any atom is 0.413 e. The number of likely N-dealkylation sites (tertiary alicyclic amines) is 2. The summed E-state index contributed by atoms with van der Waals surface area (Å²) in [4.78, 5) is 82.0. The highest BCUT2D eigenvalue weighted by molar-refractivity contribution is 6.20. The molecule has 42 heavy (non-hydrogen) atoms. The number of hydrogen-bond donors (Lipinski definition) is 0. The van der Waals surface area contributed by atoms with Gasteiger partial charge in [-0.3, -0.25) is 14.5 Å². The molecule has 15 nitrogen and oxygen atoms in total. The average Bonchev–Trinajstić information content (AvgIpc) is 3.05. The van der Waals surface area contributed by atoms with Gasteiger partial charge in [0, 0.05) is 45.4 Å². The van der Waals surface area contributed by atoms with E-state index >= 15 is 0 Å². The smallest absolute Gasteiger partial charge is 0.413 e. The van der Waals surface area contributed by atoms with Gasteiger partial charge in [-0.05, 0) is 54.9 Å². The first kappa shape index (κ1) is 38.2. The van der Waals surface area contributed by atoms with Crippen molar-refractivity contribution >= 4 is 41.9 Å². The first-order chi connectivity index (χ1) is 19.4. The molecule has 1 unspecified atom stereocenters. The molecule has 2 saturated heterocycles. The molecule has 0 aromatic heterocycles. The quantitative estimate of drug-likeness (QED) is 0.0673. The fourth-order valence-corrected chi connectivity index (χ4v) is 3.37. The second kappa shape index (κ2) is 18.6. The molecule has 2 aliphatic heterocycles. The Morgan fingerprint density at radius 3 is 1.79 bits per heavy atom. The number of ether oxygens (including phenoxy) is 3. The molecule has 0 bridgehead atoms. The summed E-state index contributed by atoms with van der Waals surface area (Å²) in [5, 5.41) is 0. The van der Waals surface area contributed by atoms with Gasteiger partial charge in [0.05, 0.1) is 13.7 Å². The summed E-state index contributed by atoms with van der Waals surface area (Å²) in [5.74, 6) is -2.26. The molecule has 2 heterocycles. The summed E-state index contributed by atoms with van der Waals surface area (Å²) in [6, 6.07) is 0. The number of Topliss-reactive ketones (excluding diaryl/α,β-unsaturated/α-hetero) is 2. The van der Waals surface area contributed by atoms with Crippen LogP contribution in [0.3, 0.4) is 0 Å². The first-order valence-electron chi connectivity index (χ1n) is 13.5. The number of rotatable bonds is 4. The predicted octanol–water partition coefficient (Wildman–Crippen LogP) is 2.74. The Morgan fingerprint density at radius 2 is 1.36 bits per heavy atom. The number of piperidine rings is 1. The van der Waals surface area contributed by atoms with E-state index in [0.717, 1.165) is 0 Å². The summed E-state index contributed by atoms with van der Waals surface area (Å²) >= 11 is 0. The zero-order valence-corrected chi connectivity index (χ0v) is 25.8. The van der Waals surface area contributed by atoms with Crippen molar-refractivity contribution in [3.63, 3.8) is 0 Å². The Labute approximate surface area is 246 Å². The summed E-state index contributed by atoms with van der Waals surface area (Å²) in [6.07, 6.45) is 1.13. The van der Waals surface area contributed by atoms with E-state index in [1.165, 1.54) is 12.0 Å². The van der Waals surface area contributed by atoms with Gasteiger partial charge in [-0.1, -0.05) is 0 Å². The molecule has 2 rings (SSSR count). The summed E-state index contributed by atoms with van der Waals surface area (Å²) in [5.41, 5.74) is 6.68. The van der Waals surface area contributed by atoms with Gasteiger partial charge in [-0.15, -0.1) is 0 Å². The molecule has 0 saturated carbocycles. The molecule has 0 aliphatic carbocycles. The minimum Gasteiger partial charge on any atom is -0.458 e. The number of nitrogens with zero attached hydrogens (tertiary/aromatic N) is 4. The Morgan fingerprint density at radius 1 is 0.881 bits per heavy atom. The van der Waals surface area contributed by atoms with Crippen LogP contribution in [0.2, 0.25) is 0 Å². The van der Waals surface area contributed by atoms with Crippen LogP contribution in [0.25, 0.3) is 5.53 Å². The van der Waals surface area contributed by atoms with Crippen molar-refractivity contribution in [2.75, 3.05) is 39.9 Å². The minimum absolute atomic E-state index is 0.0999. The van der Waals surface area contributed by atoms with E-state index in [9.17, 15) is 28.8 Å². The molecule has 2 aliphatic rings. The molecule has 0 aromatic carbocycles. The van der Waals surface area contributed by atoms with Crippen molar-refractivity contribution in [3.8, 4) is 0 Å². The lowest BCUT2D eigenvalue weighted by atomic mass is 10.00. The van der Waals surface area contributed by atoms with E-state index in [4.69, 9.17) is 15.0 Å². The fourth-order valence-electron chi connectivity index (χ4n) is 3.37. The van der Waals surface area contributed by atoms with Crippen LogP contribution in [0, 0.1) is 5.92 Å². The highest BCUT2D eigenvalue weighted by Gasteiger charge is 2.34. The Kier molecular flexibility index (Phi) is 16.9. The standard InChI is InChI=1S/C13H21NO6.C10H17NO3.C4H6N2O2/c1-13(2,3)19-12(17)14-7-5-9(10(15)6-8-14)11(16)20-18-4;1-10(2,3)14-9(13)11-6-4-8(12)5-7-11;1-2-8-4(7)3-6-5/h9H,5-8H2,1-4H3;4-7H2,1-3H3;3H,2H2,1H3. The van der Waals surface area contributed by atoms with Crippen molar-refractivity contribution < 1.29 is 57.5 Å². The Bertz CT molecular complexity index is 985. The van der Waals surface area contributed by atoms with Crippen molar-refractivity contribution in [2.45, 2.75) is 85.4 Å². The highest BCUT2D eigenvalue weighted by atomic mass is 17.2. The molecule has 2 fully saturated rings. The third kappa shape index (κ3) is 17.1. The van der Waals surface area contributed by atoms with E-state index < -0.39 is 35.2 Å². The van der Waals surface area contributed by atoms with E-state index in [2.05, 4.69) is 19.3 Å². The third-order valence-electron chi connectivity index (χ3n) is 5.23. The predicted molar refractivity (Wildman–Crippen MR) is 147 cm³/mol. The van der Waals surface area contributed by atoms with Gasteiger partial charge in [0.1, 0.15) is 28.7 Å². The summed E-state index contributed by atoms with van der Waals surface area (Å²) in [6.45, 7) is 14.3. The highest BCUT2D eigenvalue weighted by Crippen LogP contribution is 2.19. The maximum absolute atomic E-state index is 11.9. The second-order valence-corrected chi connectivity index (χ2v) is 11.1. The van der Waals surface area contributed by atoms with Crippen molar-refractivity contribution in [1.29, 1.82) is 0 Å². The van der Waals surface area contributed by atoms with Gasteiger partial charge in [0.2, 0.25) is 0 Å². The summed E-state index contributed by atoms with van der Waals surface area (Å²) < 4.78 is 14.8. The van der Waals surface area contributed by atoms with E-state index in [1.807, 2.05) is 20.8 Å². The number of esters is 1. The van der Waals surface area contributed by atoms with E-state index in [-0.39, 0.29) is 43.6 Å². The molecule has 0 radical (unpaired) electrons. The zero-order valence-electron chi connectivity index (χ0n) is 25.8. The molecule has 2 amide bonds. The van der Waals surface area contributed by atoms with E-state index in [0.29, 0.717) is 38.8 Å². The van der Waals surface area contributed by atoms with Crippen LogP contribution >= 0.6 is 0 Å². The summed E-state index contributed by atoms with van der Waals surface area (Å²) in [7, 11) is 1.20. The zero-order chi connectivity index (χ0) is 32.5. The Hall–Kier alpha value is -3.84. The van der Waals surface area contributed by atoms with Gasteiger partial charge in [-0.2, -0.15) is 9.68 Å². The topological polar surface area (TPSA) is 191 Å². The normalized spacial score (nSPS) is 17.1. The molecule has 1 atom stereocenters. The van der Waals surface area contributed by atoms with Gasteiger partial charge in [0.15, 0.2) is 0 Å². The molecule has 238 valence electrons. The maximum atomic E-state index is 11.9. The van der Waals surface area contributed by atoms with Crippen molar-refractivity contribution in [3.05, 3.63) is 5.53 Å². The lowest BCUT2D eigenvalue weighted by molar-refractivity contribution is -0.258. The van der Waals surface area contributed by atoms with Crippen LogP contribution in [0.4, 0.5) is 9.59 Å². The van der Waals surface area contributed by atoms with Crippen LogP contribution in [-0.4, -0.2) is 108 Å². The van der Waals surface area contributed by atoms with Crippen LogP contribution in [0.1, 0.15) is 74.1 Å². The van der Waals surface area contributed by atoms with Gasteiger partial charge in [0.25, 0.3) is 0 Å². The van der Waals surface area contributed by atoms with E-state index in [1.54, 1.807) is 32.6 Å². The fraction of sp³-hybridized carbons (Fsp3) is 0.741. The molecule has 0 N–H and O–H groups in total. The number of ketones is 2. The largest absolute Gasteiger partial charge is 0.458 e. The molecule has 15 heteroatoms. The third-order valence-corrected chi connectivity index (χ3v) is 5.23.